The van der Waals surface area contributed by atoms with Crippen LogP contribution >= 0.6 is 0 Å². The maximum Gasteiger partial charge on any atom is 0.417 e. The van der Waals surface area contributed by atoms with Crippen LogP contribution in [0.15, 0.2) is 42.5 Å². The van der Waals surface area contributed by atoms with E-state index in [1.807, 2.05) is 6.07 Å². The van der Waals surface area contributed by atoms with Crippen molar-refractivity contribution in [2.45, 2.75) is 0 Å². The highest BCUT2D eigenvalue weighted by molar-refractivity contribution is 5.87. The van der Waals surface area contributed by atoms with Crippen LogP contribution in [-0.2, 0) is 0 Å². The Labute approximate surface area is 128 Å². The predicted molar refractivity (Wildman–Crippen MR) is 82.2 cm³/mol. The summed E-state index contributed by atoms with van der Waals surface area (Å²) in [7, 11) is 4.52. The molecule has 6 nitrogen and oxygen atoms in total. The molecular weight excluding hydrogens is 286 g/mol. The molecule has 2 aromatic carbocycles. The van der Waals surface area contributed by atoms with Crippen molar-refractivity contribution in [2.75, 3.05) is 26.6 Å². The third-order valence-electron chi connectivity index (χ3n) is 2.86. The first-order valence-electron chi connectivity index (χ1n) is 6.51. The number of carbonyl (C=O) groups is 1. The molecule has 0 fully saturated rings. The van der Waals surface area contributed by atoms with Gasteiger partial charge in [-0.1, -0.05) is 18.2 Å². The number of hydrogen-bond donors (Lipinski definition) is 1. The van der Waals surface area contributed by atoms with Gasteiger partial charge >= 0.3 is 6.09 Å². The van der Waals surface area contributed by atoms with E-state index in [2.05, 4.69) is 5.32 Å². The molecule has 0 aromatic heterocycles. The summed E-state index contributed by atoms with van der Waals surface area (Å²) in [6.45, 7) is 0. The quantitative estimate of drug-likeness (QED) is 0.917. The summed E-state index contributed by atoms with van der Waals surface area (Å²) in [4.78, 5) is 11.9. The van der Waals surface area contributed by atoms with E-state index in [-0.39, 0.29) is 0 Å². The fourth-order valence-electron chi connectivity index (χ4n) is 1.89. The van der Waals surface area contributed by atoms with Gasteiger partial charge in [0.2, 0.25) is 5.75 Å². The molecule has 0 saturated heterocycles. The SMILES string of the molecule is COc1cc(NC(=O)Oc2ccccc2)cc(OC)c1OC. The highest BCUT2D eigenvalue weighted by atomic mass is 16.6. The Hall–Kier alpha value is -2.89. The number of anilines is 1. The van der Waals surface area contributed by atoms with Crippen LogP contribution in [0.5, 0.6) is 23.0 Å². The Balaban J connectivity index is 2.17. The van der Waals surface area contributed by atoms with E-state index in [1.54, 1.807) is 36.4 Å². The number of carbonyl (C=O) groups excluding carboxylic acids is 1. The Morgan fingerprint density at radius 1 is 0.909 bits per heavy atom. The summed E-state index contributed by atoms with van der Waals surface area (Å²) in [5.74, 6) is 1.79. The molecule has 116 valence electrons. The maximum atomic E-state index is 11.9. The fourth-order valence-corrected chi connectivity index (χ4v) is 1.89. The van der Waals surface area contributed by atoms with Crippen LogP contribution in [0, 0.1) is 0 Å². The van der Waals surface area contributed by atoms with E-state index in [4.69, 9.17) is 18.9 Å². The number of rotatable bonds is 5. The monoisotopic (exact) mass is 303 g/mol. The van der Waals surface area contributed by atoms with Gasteiger partial charge in [-0.05, 0) is 12.1 Å². The second-order valence-corrected chi connectivity index (χ2v) is 4.24. The van der Waals surface area contributed by atoms with Crippen LogP contribution in [-0.4, -0.2) is 27.4 Å². The normalized spacial score (nSPS) is 9.77. The van der Waals surface area contributed by atoms with Gasteiger partial charge in [0, 0.05) is 12.1 Å². The zero-order chi connectivity index (χ0) is 15.9. The molecule has 0 aliphatic heterocycles. The maximum absolute atomic E-state index is 11.9. The van der Waals surface area contributed by atoms with E-state index < -0.39 is 6.09 Å². The summed E-state index contributed by atoms with van der Waals surface area (Å²) >= 11 is 0. The molecule has 0 aliphatic carbocycles. The van der Waals surface area contributed by atoms with Crippen molar-refractivity contribution in [1.29, 1.82) is 0 Å². The standard InChI is InChI=1S/C16H17NO5/c1-19-13-9-11(10-14(20-2)15(13)21-3)17-16(18)22-12-7-5-4-6-8-12/h4-10H,1-3H3,(H,17,18). The van der Waals surface area contributed by atoms with Gasteiger partial charge in [-0.2, -0.15) is 0 Å². The molecule has 0 unspecified atom stereocenters. The molecule has 1 amide bonds. The lowest BCUT2D eigenvalue weighted by atomic mass is 10.2. The third-order valence-corrected chi connectivity index (χ3v) is 2.86. The number of para-hydroxylation sites is 1. The Bertz CT molecular complexity index is 617. The fraction of sp³-hybridized carbons (Fsp3) is 0.188. The van der Waals surface area contributed by atoms with E-state index >= 15 is 0 Å². The van der Waals surface area contributed by atoms with Gasteiger partial charge < -0.3 is 18.9 Å². The smallest absolute Gasteiger partial charge is 0.417 e. The molecule has 0 spiro atoms. The van der Waals surface area contributed by atoms with Crippen molar-refractivity contribution in [2.24, 2.45) is 0 Å². The van der Waals surface area contributed by atoms with Crippen LogP contribution in [0.3, 0.4) is 0 Å². The molecule has 0 atom stereocenters. The summed E-state index contributed by atoms with van der Waals surface area (Å²) < 4.78 is 20.8. The highest BCUT2D eigenvalue weighted by Gasteiger charge is 2.15. The van der Waals surface area contributed by atoms with Gasteiger partial charge in [0.05, 0.1) is 27.0 Å². The third kappa shape index (κ3) is 3.60. The van der Waals surface area contributed by atoms with Crippen molar-refractivity contribution in [3.8, 4) is 23.0 Å². The zero-order valence-corrected chi connectivity index (χ0v) is 12.6. The summed E-state index contributed by atoms with van der Waals surface area (Å²) in [6.07, 6.45) is -0.611. The second-order valence-electron chi connectivity index (χ2n) is 4.24. The lowest BCUT2D eigenvalue weighted by Crippen LogP contribution is -2.16. The van der Waals surface area contributed by atoms with E-state index in [9.17, 15) is 4.79 Å². The zero-order valence-electron chi connectivity index (χ0n) is 12.6. The number of nitrogens with one attached hydrogen (secondary N) is 1. The summed E-state index contributed by atoms with van der Waals surface area (Å²) in [6, 6.07) is 12.0. The van der Waals surface area contributed by atoms with Gasteiger partial charge in [-0.3, -0.25) is 5.32 Å². The van der Waals surface area contributed by atoms with Crippen LogP contribution < -0.4 is 24.3 Å². The highest BCUT2D eigenvalue weighted by Crippen LogP contribution is 2.39. The minimum absolute atomic E-state index is 0.442. The average molecular weight is 303 g/mol. The van der Waals surface area contributed by atoms with Crippen LogP contribution in [0.2, 0.25) is 0 Å². The number of hydrogen-bond acceptors (Lipinski definition) is 5. The molecule has 2 rings (SSSR count). The second kappa shape index (κ2) is 7.21. The van der Waals surface area contributed by atoms with E-state index in [0.29, 0.717) is 28.7 Å². The van der Waals surface area contributed by atoms with Gasteiger partial charge in [0.15, 0.2) is 11.5 Å². The molecule has 0 saturated carbocycles. The lowest BCUT2D eigenvalue weighted by Gasteiger charge is -2.14. The molecule has 0 heterocycles. The molecule has 0 aliphatic rings. The minimum Gasteiger partial charge on any atom is -0.493 e. The first-order valence-corrected chi connectivity index (χ1v) is 6.51. The van der Waals surface area contributed by atoms with Crippen molar-refractivity contribution in [3.05, 3.63) is 42.5 Å². The largest absolute Gasteiger partial charge is 0.493 e. The molecule has 0 radical (unpaired) electrons. The number of benzene rings is 2. The number of amides is 1. The van der Waals surface area contributed by atoms with Gasteiger partial charge in [0.25, 0.3) is 0 Å². The Morgan fingerprint density at radius 2 is 1.50 bits per heavy atom. The number of methoxy groups -OCH3 is 3. The molecule has 22 heavy (non-hydrogen) atoms. The van der Waals surface area contributed by atoms with Crippen LogP contribution in [0.4, 0.5) is 10.5 Å². The van der Waals surface area contributed by atoms with Gasteiger partial charge in [-0.25, -0.2) is 4.79 Å². The molecule has 0 bridgehead atoms. The molecule has 6 heteroatoms. The minimum atomic E-state index is -0.611. The van der Waals surface area contributed by atoms with Gasteiger partial charge in [0.1, 0.15) is 5.75 Å². The molecule has 1 N–H and O–H groups in total. The summed E-state index contributed by atoms with van der Waals surface area (Å²) in [5.41, 5.74) is 0.468. The Morgan fingerprint density at radius 3 is 2.00 bits per heavy atom. The lowest BCUT2D eigenvalue weighted by molar-refractivity contribution is 0.215. The van der Waals surface area contributed by atoms with Crippen molar-refractivity contribution in [3.63, 3.8) is 0 Å². The first-order chi connectivity index (χ1) is 10.7. The van der Waals surface area contributed by atoms with Gasteiger partial charge in [-0.15, -0.1) is 0 Å². The molecular formula is C16H17NO5. The summed E-state index contributed by atoms with van der Waals surface area (Å²) in [5, 5.41) is 2.61. The number of ether oxygens (including phenoxy) is 4. The average Bonchev–Trinajstić information content (AvgIpc) is 2.54. The first kappa shape index (κ1) is 15.5. The van der Waals surface area contributed by atoms with Crippen LogP contribution in [0.25, 0.3) is 0 Å². The predicted octanol–water partition coefficient (Wildman–Crippen LogP) is 3.32. The van der Waals surface area contributed by atoms with Crippen LogP contribution in [0.1, 0.15) is 0 Å². The Kier molecular flexibility index (Phi) is 5.08. The topological polar surface area (TPSA) is 66.0 Å². The van der Waals surface area contributed by atoms with E-state index in [1.165, 1.54) is 21.3 Å². The van der Waals surface area contributed by atoms with Crippen molar-refractivity contribution < 1.29 is 23.7 Å². The molecule has 2 aromatic rings. The van der Waals surface area contributed by atoms with Crippen molar-refractivity contribution in [1.82, 2.24) is 0 Å². The van der Waals surface area contributed by atoms with E-state index in [0.717, 1.165) is 0 Å². The van der Waals surface area contributed by atoms with Crippen molar-refractivity contribution >= 4 is 11.8 Å².